The fourth-order valence-electron chi connectivity index (χ4n) is 7.54. The van der Waals surface area contributed by atoms with Crippen LogP contribution in [0.3, 0.4) is 0 Å². The number of alkyl halides is 6. The summed E-state index contributed by atoms with van der Waals surface area (Å²) in [6, 6.07) is 8.16. The number of benzene rings is 2. The van der Waals surface area contributed by atoms with E-state index in [1.54, 1.807) is 18.2 Å². The first-order valence-corrected chi connectivity index (χ1v) is 15.0. The first kappa shape index (κ1) is 31.0. The van der Waals surface area contributed by atoms with Crippen LogP contribution in [0.4, 0.5) is 26.3 Å². The molecule has 5 rings (SSSR count). The van der Waals surface area contributed by atoms with Gasteiger partial charge in [0, 0.05) is 18.6 Å². The topological polar surface area (TPSA) is 49.8 Å². The lowest BCUT2D eigenvalue weighted by Crippen LogP contribution is -2.62. The monoisotopic (exact) mass is 599 g/mol. The van der Waals surface area contributed by atoms with Gasteiger partial charge in [0.05, 0.1) is 17.9 Å². The maximum Gasteiger partial charge on any atom is 0.420 e. The third-order valence-electron chi connectivity index (χ3n) is 10.1. The molecule has 1 N–H and O–H groups in total. The van der Waals surface area contributed by atoms with Gasteiger partial charge in [-0.05, 0) is 78.8 Å². The summed E-state index contributed by atoms with van der Waals surface area (Å²) in [5, 5.41) is 10.1. The first-order valence-electron chi connectivity index (χ1n) is 15.0. The fourth-order valence-corrected chi connectivity index (χ4v) is 7.54. The second kappa shape index (κ2) is 11.5. The Morgan fingerprint density at radius 2 is 1.62 bits per heavy atom. The molecular formula is C32H39F6NO3. The number of aliphatic carboxylic acids is 1. The second-order valence-corrected chi connectivity index (χ2v) is 13.1. The van der Waals surface area contributed by atoms with Crippen molar-refractivity contribution in [2.24, 2.45) is 17.3 Å². The number of hydrogen-bond acceptors (Lipinski definition) is 3. The van der Waals surface area contributed by atoms with Crippen molar-refractivity contribution in [2.45, 2.75) is 115 Å². The van der Waals surface area contributed by atoms with Gasteiger partial charge in [0.25, 0.3) is 0 Å². The number of carboxylic acids is 1. The van der Waals surface area contributed by atoms with Crippen LogP contribution >= 0.6 is 0 Å². The Hall–Kier alpha value is -2.49. The zero-order valence-corrected chi connectivity index (χ0v) is 24.0. The highest BCUT2D eigenvalue weighted by Crippen LogP contribution is 2.51. The maximum atomic E-state index is 14.4. The van der Waals surface area contributed by atoms with E-state index in [2.05, 4.69) is 4.90 Å². The minimum absolute atomic E-state index is 0.00754. The van der Waals surface area contributed by atoms with Crippen LogP contribution in [0, 0.1) is 17.3 Å². The number of nitrogens with zero attached hydrogens (tertiary/aromatic N) is 1. The van der Waals surface area contributed by atoms with Gasteiger partial charge in [-0.3, -0.25) is 9.69 Å². The summed E-state index contributed by atoms with van der Waals surface area (Å²) in [6.07, 6.45) is -3.98. The molecule has 2 atom stereocenters. The number of carboxylic acid groups (broad SMARTS) is 1. The van der Waals surface area contributed by atoms with Crippen LogP contribution < -0.4 is 4.74 Å². The second-order valence-electron chi connectivity index (χ2n) is 13.1. The molecule has 3 saturated carbocycles. The van der Waals surface area contributed by atoms with E-state index in [1.165, 1.54) is 18.6 Å². The van der Waals surface area contributed by atoms with Gasteiger partial charge in [-0.2, -0.15) is 26.3 Å². The van der Waals surface area contributed by atoms with Gasteiger partial charge in [0.1, 0.15) is 11.3 Å². The van der Waals surface area contributed by atoms with Gasteiger partial charge in [-0.1, -0.05) is 51.3 Å². The van der Waals surface area contributed by atoms with Crippen molar-refractivity contribution in [3.05, 3.63) is 41.5 Å². The molecule has 0 radical (unpaired) electrons. The third kappa shape index (κ3) is 6.24. The standard InChI is InChI=1S/C32H39F6NO3/c1-30(2)25(29(40)41)17-27(30)39(22-6-4-3-5-7-22)18-19-8-14-24-20(16-19)9-15-26(28(24)32(36,37)38)42-23-12-10-21(11-13-23)31(33,34)35/h8-9,14-16,21-23,25,27H,3-7,10-13,17-18H2,1-2H3,(H,40,41)/t21-,23+,25?,27?. The van der Waals surface area contributed by atoms with Gasteiger partial charge in [-0.25, -0.2) is 0 Å². The third-order valence-corrected chi connectivity index (χ3v) is 10.1. The van der Waals surface area contributed by atoms with Crippen LogP contribution in [-0.2, 0) is 17.5 Å². The minimum atomic E-state index is -4.71. The molecule has 0 bridgehead atoms. The molecule has 3 aliphatic rings. The summed E-state index contributed by atoms with van der Waals surface area (Å²) in [7, 11) is 0. The van der Waals surface area contributed by atoms with E-state index in [4.69, 9.17) is 4.74 Å². The van der Waals surface area contributed by atoms with Crippen molar-refractivity contribution < 1.29 is 41.0 Å². The molecule has 0 saturated heterocycles. The average molecular weight is 600 g/mol. The van der Waals surface area contributed by atoms with Crippen LogP contribution in [0.2, 0.25) is 0 Å². The van der Waals surface area contributed by atoms with E-state index in [0.29, 0.717) is 24.4 Å². The van der Waals surface area contributed by atoms with E-state index in [0.717, 1.165) is 31.2 Å². The van der Waals surface area contributed by atoms with Crippen molar-refractivity contribution >= 4 is 16.7 Å². The van der Waals surface area contributed by atoms with Crippen LogP contribution in [0.25, 0.3) is 10.8 Å². The number of carbonyl (C=O) groups is 1. The predicted octanol–water partition coefficient (Wildman–Crippen LogP) is 8.99. The predicted molar refractivity (Wildman–Crippen MR) is 147 cm³/mol. The molecule has 2 aromatic rings. The van der Waals surface area contributed by atoms with Gasteiger partial charge >= 0.3 is 18.3 Å². The summed E-state index contributed by atoms with van der Waals surface area (Å²) in [4.78, 5) is 14.2. The van der Waals surface area contributed by atoms with E-state index >= 15 is 0 Å². The molecule has 0 amide bonds. The summed E-state index contributed by atoms with van der Waals surface area (Å²) < 4.78 is 88.0. The van der Waals surface area contributed by atoms with Crippen LogP contribution in [-0.4, -0.2) is 40.3 Å². The van der Waals surface area contributed by atoms with Crippen molar-refractivity contribution in [3.63, 3.8) is 0 Å². The highest BCUT2D eigenvalue weighted by Gasteiger charge is 2.55. The van der Waals surface area contributed by atoms with E-state index in [9.17, 15) is 36.2 Å². The van der Waals surface area contributed by atoms with Crippen molar-refractivity contribution in [1.29, 1.82) is 0 Å². The smallest absolute Gasteiger partial charge is 0.420 e. The summed E-state index contributed by atoms with van der Waals surface area (Å²) in [5.74, 6) is -3.01. The number of halogens is 6. The van der Waals surface area contributed by atoms with E-state index < -0.39 is 47.2 Å². The summed E-state index contributed by atoms with van der Waals surface area (Å²) in [5.41, 5.74) is -0.470. The highest BCUT2D eigenvalue weighted by molar-refractivity contribution is 5.89. The van der Waals surface area contributed by atoms with Crippen LogP contribution in [0.1, 0.15) is 89.2 Å². The Kier molecular flexibility index (Phi) is 8.51. The largest absolute Gasteiger partial charge is 0.490 e. The van der Waals surface area contributed by atoms with Crippen LogP contribution in [0.15, 0.2) is 30.3 Å². The minimum Gasteiger partial charge on any atom is -0.490 e. The Labute approximate surface area is 242 Å². The number of ether oxygens (including phenoxy) is 1. The quantitative estimate of drug-likeness (QED) is 0.323. The first-order chi connectivity index (χ1) is 19.7. The molecule has 2 unspecified atom stereocenters. The Balaban J connectivity index is 1.40. The van der Waals surface area contributed by atoms with Gasteiger partial charge in [0.2, 0.25) is 0 Å². The number of hydrogen-bond donors (Lipinski definition) is 1. The zero-order valence-electron chi connectivity index (χ0n) is 24.0. The molecule has 0 aliphatic heterocycles. The lowest BCUT2D eigenvalue weighted by Gasteiger charge is -2.57. The van der Waals surface area contributed by atoms with Crippen molar-refractivity contribution in [2.75, 3.05) is 0 Å². The molecule has 0 aromatic heterocycles. The fraction of sp³-hybridized carbons (Fsp3) is 0.656. The Morgan fingerprint density at radius 1 is 0.952 bits per heavy atom. The molecule has 42 heavy (non-hydrogen) atoms. The van der Waals surface area contributed by atoms with E-state index in [-0.39, 0.29) is 42.9 Å². The molecule has 232 valence electrons. The lowest BCUT2D eigenvalue weighted by atomic mass is 9.57. The Morgan fingerprint density at radius 3 is 2.19 bits per heavy atom. The molecule has 4 nitrogen and oxygen atoms in total. The summed E-state index contributed by atoms with van der Waals surface area (Å²) >= 11 is 0. The Bertz CT molecular complexity index is 1280. The van der Waals surface area contributed by atoms with Crippen molar-refractivity contribution in [1.82, 2.24) is 4.90 Å². The average Bonchev–Trinajstić information content (AvgIpc) is 2.91. The normalized spacial score (nSPS) is 27.2. The molecule has 3 fully saturated rings. The lowest BCUT2D eigenvalue weighted by molar-refractivity contribution is -0.185. The molecule has 0 spiro atoms. The molecule has 3 aliphatic carbocycles. The highest BCUT2D eigenvalue weighted by atomic mass is 19.4. The summed E-state index contributed by atoms with van der Waals surface area (Å²) in [6.45, 7) is 4.49. The van der Waals surface area contributed by atoms with Crippen LogP contribution in [0.5, 0.6) is 5.75 Å². The molecule has 10 heteroatoms. The SMILES string of the molecule is CC1(C)C(C(=O)O)CC1N(Cc1ccc2c(C(F)(F)F)c(O[C@H]3CC[C@@H](C(F)(F)F)CC3)ccc2c1)C1CCCCC1. The molecular weight excluding hydrogens is 560 g/mol. The number of rotatable bonds is 7. The van der Waals surface area contributed by atoms with Gasteiger partial charge < -0.3 is 9.84 Å². The van der Waals surface area contributed by atoms with Gasteiger partial charge in [-0.15, -0.1) is 0 Å². The van der Waals surface area contributed by atoms with E-state index in [1.807, 2.05) is 13.8 Å². The molecule has 2 aromatic carbocycles. The number of fused-ring (bicyclic) bond motifs is 1. The zero-order chi connectivity index (χ0) is 30.4. The molecule has 0 heterocycles. The van der Waals surface area contributed by atoms with Gasteiger partial charge in [0.15, 0.2) is 0 Å². The van der Waals surface area contributed by atoms with Crippen molar-refractivity contribution in [3.8, 4) is 5.75 Å². The maximum absolute atomic E-state index is 14.4.